The lowest BCUT2D eigenvalue weighted by molar-refractivity contribution is -0.147. The number of aliphatic carboxylic acids is 1. The summed E-state index contributed by atoms with van der Waals surface area (Å²) in [4.78, 5) is 38.4. The van der Waals surface area contributed by atoms with Gasteiger partial charge < -0.3 is 57.4 Å². The number of hydrogen-bond donors (Lipinski definition) is 1. The average molecular weight is 1160 g/mol. The summed E-state index contributed by atoms with van der Waals surface area (Å²) in [6.07, 6.45) is 3.34. The van der Waals surface area contributed by atoms with Gasteiger partial charge in [0.25, 0.3) is 0 Å². The van der Waals surface area contributed by atoms with Crippen molar-refractivity contribution in [2.75, 3.05) is 106 Å². The van der Waals surface area contributed by atoms with Crippen molar-refractivity contribution in [3.8, 4) is 44.7 Å². The molecule has 11 rings (SSSR count). The van der Waals surface area contributed by atoms with E-state index in [-0.39, 0.29) is 47.8 Å². The number of halogens is 3. The molecule has 4 bridgehead atoms. The first-order valence-corrected chi connectivity index (χ1v) is 28.6. The van der Waals surface area contributed by atoms with E-state index in [0.29, 0.717) is 162 Å². The Morgan fingerprint density at radius 1 is 0.900 bits per heavy atom. The van der Waals surface area contributed by atoms with Gasteiger partial charge in [-0.15, -0.1) is 11.3 Å². The lowest BCUT2D eigenvalue weighted by Gasteiger charge is -2.39. The van der Waals surface area contributed by atoms with E-state index < -0.39 is 29.6 Å². The molecule has 7 heterocycles. The van der Waals surface area contributed by atoms with Gasteiger partial charge in [0.2, 0.25) is 12.0 Å². The number of nitrogens with zero attached hydrogens (tertiary/aromatic N) is 6. The predicted octanol–water partition coefficient (Wildman–Crippen LogP) is 9.17. The van der Waals surface area contributed by atoms with Crippen LogP contribution < -0.4 is 18.9 Å². The van der Waals surface area contributed by atoms with E-state index in [1.54, 1.807) is 49.7 Å². The fraction of sp³-hybridized carbons (Fsp3) is 0.500. The molecule has 80 heavy (non-hydrogen) atoms. The van der Waals surface area contributed by atoms with E-state index in [0.717, 1.165) is 26.2 Å². The summed E-state index contributed by atoms with van der Waals surface area (Å²) in [7, 11) is 3.73. The minimum absolute atomic E-state index is 0.00111. The van der Waals surface area contributed by atoms with E-state index in [2.05, 4.69) is 26.8 Å². The number of hydrogen-bond acceptors (Lipinski definition) is 18. The van der Waals surface area contributed by atoms with Crippen molar-refractivity contribution in [2.45, 2.75) is 82.6 Å². The standard InChI is InChI=1S/C58H67Cl2FN6O12S/c1-35-47-36(2)51(60)52(50(35)59)78-43(29-67-19-17-66(3)18-20-67)32-75-42-9-10-45(38(27-42)28-46(56(68)69)79-54-49-48(47)53(80-55(49)64-34-63-54)37-5-7-39(61)8-6-37)76-30-40-13-16-62-57(65-40)58(77-26-24-71-22-21-70-4)14-11-41(12-15-58)74-33-44-31-72-23-25-73-44/h5-10,13,16,27,34,41,43-44,46H,11-12,14-15,17-26,28-33H2,1-4H3,(H,68,69)/t41-,43-,44?,46-,58+/m1/s1. The van der Waals surface area contributed by atoms with Crippen LogP contribution >= 0.6 is 34.5 Å². The molecule has 1 N–H and O–H groups in total. The third-order valence-corrected chi connectivity index (χ3v) is 17.1. The molecule has 1 saturated carbocycles. The fourth-order valence-corrected chi connectivity index (χ4v) is 12.3. The van der Waals surface area contributed by atoms with Gasteiger partial charge in [-0.1, -0.05) is 35.3 Å². The number of benzene rings is 3. The van der Waals surface area contributed by atoms with Crippen molar-refractivity contribution in [2.24, 2.45) is 0 Å². The Bertz CT molecular complexity index is 3050. The second kappa shape index (κ2) is 26.7. The molecule has 18 nitrogen and oxygen atoms in total. The number of ether oxygens (including phenoxy) is 10. The molecule has 0 radical (unpaired) electrons. The van der Waals surface area contributed by atoms with Crippen LogP contribution in [0.1, 0.15) is 53.9 Å². The largest absolute Gasteiger partial charge is 0.490 e. The number of carboxylic acid groups (broad SMARTS) is 1. The Labute approximate surface area is 478 Å². The van der Waals surface area contributed by atoms with Crippen LogP contribution in [0, 0.1) is 19.7 Å². The van der Waals surface area contributed by atoms with Crippen LogP contribution in [-0.2, 0) is 51.8 Å². The van der Waals surface area contributed by atoms with Gasteiger partial charge >= 0.3 is 5.97 Å². The van der Waals surface area contributed by atoms with Crippen LogP contribution in [-0.4, -0.2) is 172 Å². The van der Waals surface area contributed by atoms with Crippen LogP contribution in [0.25, 0.3) is 31.8 Å². The number of carbonyl (C=O) groups is 1. The van der Waals surface area contributed by atoms with Gasteiger partial charge in [0, 0.05) is 68.5 Å². The van der Waals surface area contributed by atoms with Crippen molar-refractivity contribution < 1.29 is 61.7 Å². The smallest absolute Gasteiger partial charge is 0.345 e. The predicted molar refractivity (Wildman–Crippen MR) is 299 cm³/mol. The summed E-state index contributed by atoms with van der Waals surface area (Å²) < 4.78 is 76.5. The summed E-state index contributed by atoms with van der Waals surface area (Å²) in [5.74, 6) is 0.00256. The van der Waals surface area contributed by atoms with Gasteiger partial charge in [0.05, 0.1) is 80.1 Å². The summed E-state index contributed by atoms with van der Waals surface area (Å²) in [5.41, 5.74) is 3.46. The van der Waals surface area contributed by atoms with Crippen molar-refractivity contribution in [3.05, 3.63) is 105 Å². The molecule has 3 aromatic carbocycles. The van der Waals surface area contributed by atoms with Gasteiger partial charge in [-0.2, -0.15) is 0 Å². The zero-order valence-corrected chi connectivity index (χ0v) is 47.7. The molecule has 3 aromatic heterocycles. The second-order valence-electron chi connectivity index (χ2n) is 20.5. The highest BCUT2D eigenvalue weighted by molar-refractivity contribution is 7.22. The maximum atomic E-state index is 14.5. The third kappa shape index (κ3) is 13.6. The Hall–Kier alpha value is -5.36. The molecule has 428 valence electrons. The molecule has 1 unspecified atom stereocenters. The van der Waals surface area contributed by atoms with Crippen molar-refractivity contribution in [1.29, 1.82) is 0 Å². The highest BCUT2D eigenvalue weighted by atomic mass is 35.5. The number of fused-ring (bicyclic) bond motifs is 7. The molecule has 5 aliphatic rings. The number of carboxylic acids is 1. The lowest BCUT2D eigenvalue weighted by atomic mass is 9.82. The van der Waals surface area contributed by atoms with Gasteiger partial charge in [-0.25, -0.2) is 29.1 Å². The minimum Gasteiger partial charge on any atom is -0.490 e. The maximum absolute atomic E-state index is 14.5. The Morgan fingerprint density at radius 3 is 2.41 bits per heavy atom. The average Bonchev–Trinajstić information content (AvgIpc) is 3.95. The number of piperazine rings is 1. The highest BCUT2D eigenvalue weighted by Gasteiger charge is 2.41. The molecular weight excluding hydrogens is 1090 g/mol. The number of aromatic nitrogens is 4. The van der Waals surface area contributed by atoms with Crippen LogP contribution in [0.3, 0.4) is 0 Å². The zero-order chi connectivity index (χ0) is 55.8. The normalized spacial score (nSPS) is 22.1. The van der Waals surface area contributed by atoms with Crippen molar-refractivity contribution in [1.82, 2.24) is 29.7 Å². The molecule has 3 atom stereocenters. The second-order valence-corrected chi connectivity index (χ2v) is 22.3. The van der Waals surface area contributed by atoms with E-state index in [4.69, 9.17) is 80.5 Å². The summed E-state index contributed by atoms with van der Waals surface area (Å²) in [6.45, 7) is 11.5. The number of methoxy groups -OCH3 is 1. The Balaban J connectivity index is 0.984. The van der Waals surface area contributed by atoms with E-state index in [1.165, 1.54) is 29.8 Å². The molecule has 22 heteroatoms. The number of rotatable bonds is 18. The first kappa shape index (κ1) is 57.9. The molecule has 2 saturated heterocycles. The van der Waals surface area contributed by atoms with Crippen LogP contribution in [0.2, 0.25) is 10.0 Å². The molecule has 4 aliphatic heterocycles. The van der Waals surface area contributed by atoms with E-state index >= 15 is 0 Å². The van der Waals surface area contributed by atoms with Crippen LogP contribution in [0.15, 0.2) is 61.1 Å². The third-order valence-electron chi connectivity index (χ3n) is 15.0. The minimum atomic E-state index is -1.50. The zero-order valence-electron chi connectivity index (χ0n) is 45.4. The molecular formula is C58H67Cl2FN6O12S. The topological polar surface area (TPSA) is 188 Å². The van der Waals surface area contributed by atoms with E-state index in [9.17, 15) is 14.3 Å². The van der Waals surface area contributed by atoms with E-state index in [1.807, 2.05) is 13.8 Å². The van der Waals surface area contributed by atoms with Gasteiger partial charge in [0.15, 0.2) is 11.6 Å². The first-order chi connectivity index (χ1) is 38.9. The summed E-state index contributed by atoms with van der Waals surface area (Å²) in [5, 5.41) is 12.1. The lowest BCUT2D eigenvalue weighted by Crippen LogP contribution is -2.49. The van der Waals surface area contributed by atoms with Gasteiger partial charge in [-0.05, 0) is 105 Å². The Morgan fingerprint density at radius 2 is 1.68 bits per heavy atom. The maximum Gasteiger partial charge on any atom is 0.345 e. The van der Waals surface area contributed by atoms with Crippen molar-refractivity contribution in [3.63, 3.8) is 0 Å². The van der Waals surface area contributed by atoms with Crippen LogP contribution in [0.5, 0.6) is 23.1 Å². The fourth-order valence-electron chi connectivity index (χ4n) is 10.6. The van der Waals surface area contributed by atoms with Crippen molar-refractivity contribution >= 4 is 50.7 Å². The number of thiophene rings is 1. The molecule has 6 aromatic rings. The van der Waals surface area contributed by atoms with Gasteiger partial charge in [0.1, 0.15) is 59.5 Å². The SMILES string of the molecule is COCCOCCO[C@]1(c2nccc(COc3ccc4cc3C[C@H](C(=O)O)Oc3ncnc5sc(-c6ccc(F)cc6)c(c35)-c3c(C)c(Cl)c(c(Cl)c3C)O[C@H](CN3CCN(C)CC3)CO4)n2)CC[C@H](OCC2COCCO2)CC1. The van der Waals surface area contributed by atoms with Crippen LogP contribution in [0.4, 0.5) is 4.39 Å². The molecule has 0 amide bonds. The highest BCUT2D eigenvalue weighted by Crippen LogP contribution is 2.53. The monoisotopic (exact) mass is 1160 g/mol. The molecule has 1 aliphatic carbocycles. The first-order valence-electron chi connectivity index (χ1n) is 27.1. The quantitative estimate of drug-likeness (QED) is 0.0802. The summed E-state index contributed by atoms with van der Waals surface area (Å²) >= 11 is 16.1. The molecule has 0 spiro atoms. The molecule has 3 fully saturated rings. The number of likely N-dealkylation sites (N-methyl/N-ethyl adjacent to an activating group) is 1. The summed E-state index contributed by atoms with van der Waals surface area (Å²) in [6, 6.07) is 13.2. The Kier molecular flexibility index (Phi) is 19.3. The van der Waals surface area contributed by atoms with Gasteiger partial charge in [-0.3, -0.25) is 4.90 Å².